The third-order valence-electron chi connectivity index (χ3n) is 5.30. The summed E-state index contributed by atoms with van der Waals surface area (Å²) in [4.78, 5) is 2.42. The van der Waals surface area contributed by atoms with Crippen LogP contribution in [0.15, 0.2) is 18.2 Å². The van der Waals surface area contributed by atoms with Crippen molar-refractivity contribution in [3.05, 3.63) is 29.6 Å². The topological polar surface area (TPSA) is 23.5 Å². The number of benzene rings is 1. The molecule has 1 heterocycles. The van der Waals surface area contributed by atoms with Gasteiger partial charge in [-0.25, -0.2) is 4.39 Å². The van der Waals surface area contributed by atoms with Gasteiger partial charge >= 0.3 is 0 Å². The summed E-state index contributed by atoms with van der Waals surface area (Å²) in [6, 6.07) is 4.63. The van der Waals surface area contributed by atoms with E-state index in [0.717, 1.165) is 24.9 Å². The lowest BCUT2D eigenvalue weighted by atomic mass is 9.75. The number of likely N-dealkylation sites (tertiary alicyclic amines) is 1. The molecular weight excluding hydrogens is 253 g/mol. The number of hydrogen-bond donors (Lipinski definition) is 1. The van der Waals surface area contributed by atoms with Crippen molar-refractivity contribution in [2.45, 2.75) is 45.1 Å². The highest BCUT2D eigenvalue weighted by Gasteiger charge is 2.33. The van der Waals surface area contributed by atoms with Crippen LogP contribution < -0.4 is 0 Å². The van der Waals surface area contributed by atoms with Gasteiger partial charge in [0, 0.05) is 24.2 Å². The first kappa shape index (κ1) is 13.9. The molecule has 1 saturated heterocycles. The predicted molar refractivity (Wildman–Crippen MR) is 78.1 cm³/mol. The summed E-state index contributed by atoms with van der Waals surface area (Å²) in [5.74, 6) is 1.42. The molecule has 1 aromatic carbocycles. The zero-order valence-corrected chi connectivity index (χ0v) is 12.2. The normalized spacial score (nSPS) is 28.9. The number of piperidine rings is 1. The van der Waals surface area contributed by atoms with Crippen molar-refractivity contribution in [3.8, 4) is 5.75 Å². The van der Waals surface area contributed by atoms with Gasteiger partial charge < -0.3 is 5.11 Å². The van der Waals surface area contributed by atoms with Gasteiger partial charge in [0.1, 0.15) is 11.6 Å². The van der Waals surface area contributed by atoms with Gasteiger partial charge in [-0.3, -0.25) is 4.90 Å². The molecule has 1 aromatic rings. The summed E-state index contributed by atoms with van der Waals surface area (Å²) in [6.07, 6.45) is 6.74. The highest BCUT2D eigenvalue weighted by Crippen LogP contribution is 2.38. The maximum atomic E-state index is 14.0. The van der Waals surface area contributed by atoms with E-state index < -0.39 is 0 Å². The Morgan fingerprint density at radius 1 is 1.20 bits per heavy atom. The average Bonchev–Trinajstić information content (AvgIpc) is 2.46. The van der Waals surface area contributed by atoms with E-state index in [2.05, 4.69) is 11.8 Å². The number of nitrogens with zero attached hydrogens (tertiary/aromatic N) is 1. The Balaban J connectivity index is 1.72. The number of hydrogen-bond acceptors (Lipinski definition) is 2. The number of rotatable bonds is 2. The van der Waals surface area contributed by atoms with Gasteiger partial charge in [0.15, 0.2) is 0 Å². The van der Waals surface area contributed by atoms with Gasteiger partial charge in [0.05, 0.1) is 0 Å². The summed E-state index contributed by atoms with van der Waals surface area (Å²) in [6.45, 7) is 4.26. The summed E-state index contributed by atoms with van der Waals surface area (Å²) >= 11 is 0. The van der Waals surface area contributed by atoms with Gasteiger partial charge in [0.25, 0.3) is 0 Å². The lowest BCUT2D eigenvalue weighted by Crippen LogP contribution is -2.43. The number of phenolic OH excluding ortho intramolecular Hbond substituents is 1. The Labute approximate surface area is 120 Å². The van der Waals surface area contributed by atoms with E-state index in [0.29, 0.717) is 5.56 Å². The molecule has 0 amide bonds. The Hall–Kier alpha value is -1.09. The van der Waals surface area contributed by atoms with Crippen LogP contribution in [0.5, 0.6) is 5.75 Å². The van der Waals surface area contributed by atoms with E-state index in [1.165, 1.54) is 38.2 Å². The Bertz CT molecular complexity index is 476. The molecule has 3 unspecified atom stereocenters. The third-order valence-corrected chi connectivity index (χ3v) is 5.30. The second-order valence-corrected chi connectivity index (χ2v) is 6.47. The first-order chi connectivity index (χ1) is 9.65. The zero-order valence-electron chi connectivity index (χ0n) is 12.2. The molecule has 2 fully saturated rings. The molecule has 2 nitrogen and oxygen atoms in total. The fraction of sp³-hybridized carbons (Fsp3) is 0.647. The standard InChI is InChI=1S/C17H24FNO/c1-12(16-7-6-15(20)10-17(16)18)19-9-8-13-4-2-3-5-14(13)11-19/h6-7,10,12-14,20H,2-5,8-9,11H2,1H3. The van der Waals surface area contributed by atoms with Crippen LogP contribution in [0.2, 0.25) is 0 Å². The van der Waals surface area contributed by atoms with Crippen LogP contribution in [0.4, 0.5) is 4.39 Å². The average molecular weight is 277 g/mol. The van der Waals surface area contributed by atoms with Gasteiger partial charge in [-0.1, -0.05) is 25.3 Å². The highest BCUT2D eigenvalue weighted by molar-refractivity contribution is 5.29. The van der Waals surface area contributed by atoms with Crippen molar-refractivity contribution in [1.82, 2.24) is 4.90 Å². The molecule has 0 aromatic heterocycles. The van der Waals surface area contributed by atoms with E-state index in [1.807, 2.05) is 0 Å². The number of fused-ring (bicyclic) bond motifs is 1. The Morgan fingerprint density at radius 2 is 1.95 bits per heavy atom. The monoisotopic (exact) mass is 277 g/mol. The summed E-state index contributed by atoms with van der Waals surface area (Å²) < 4.78 is 14.0. The lowest BCUT2D eigenvalue weighted by Gasteiger charge is -2.43. The first-order valence-electron chi connectivity index (χ1n) is 7.87. The molecule has 1 saturated carbocycles. The molecule has 0 spiro atoms. The SMILES string of the molecule is CC(c1ccc(O)cc1F)N1CCC2CCCCC2C1. The summed E-state index contributed by atoms with van der Waals surface area (Å²) in [5.41, 5.74) is 0.706. The predicted octanol–water partition coefficient (Wildman–Crippen LogP) is 4.10. The van der Waals surface area contributed by atoms with E-state index in [-0.39, 0.29) is 17.6 Å². The van der Waals surface area contributed by atoms with Crippen molar-refractivity contribution in [3.63, 3.8) is 0 Å². The van der Waals surface area contributed by atoms with Gasteiger partial charge in [0.2, 0.25) is 0 Å². The van der Waals surface area contributed by atoms with Crippen LogP contribution >= 0.6 is 0 Å². The largest absolute Gasteiger partial charge is 0.508 e. The van der Waals surface area contributed by atoms with Gasteiger partial charge in [-0.05, 0) is 44.2 Å². The summed E-state index contributed by atoms with van der Waals surface area (Å²) in [7, 11) is 0. The number of halogens is 1. The minimum Gasteiger partial charge on any atom is -0.508 e. The van der Waals surface area contributed by atoms with Crippen LogP contribution in [-0.4, -0.2) is 23.1 Å². The van der Waals surface area contributed by atoms with Gasteiger partial charge in [-0.2, -0.15) is 0 Å². The molecule has 110 valence electrons. The quantitative estimate of drug-likeness (QED) is 0.879. The van der Waals surface area contributed by atoms with E-state index in [4.69, 9.17) is 0 Å². The Morgan fingerprint density at radius 3 is 2.70 bits per heavy atom. The van der Waals surface area contributed by atoms with Crippen LogP contribution in [0.1, 0.15) is 50.6 Å². The molecule has 3 rings (SSSR count). The van der Waals surface area contributed by atoms with Crippen molar-refractivity contribution < 1.29 is 9.50 Å². The van der Waals surface area contributed by atoms with E-state index in [9.17, 15) is 9.50 Å². The minimum absolute atomic E-state index is 0.00411. The van der Waals surface area contributed by atoms with Gasteiger partial charge in [-0.15, -0.1) is 0 Å². The van der Waals surface area contributed by atoms with E-state index in [1.54, 1.807) is 12.1 Å². The number of aromatic hydroxyl groups is 1. The van der Waals surface area contributed by atoms with Crippen LogP contribution in [0, 0.1) is 17.7 Å². The first-order valence-corrected chi connectivity index (χ1v) is 7.87. The molecule has 3 heteroatoms. The molecule has 0 bridgehead atoms. The Kier molecular flexibility index (Phi) is 3.97. The van der Waals surface area contributed by atoms with E-state index >= 15 is 0 Å². The van der Waals surface area contributed by atoms with Crippen molar-refractivity contribution in [2.24, 2.45) is 11.8 Å². The smallest absolute Gasteiger partial charge is 0.131 e. The van der Waals surface area contributed by atoms with Crippen LogP contribution in [0.25, 0.3) is 0 Å². The highest BCUT2D eigenvalue weighted by atomic mass is 19.1. The maximum Gasteiger partial charge on any atom is 0.131 e. The zero-order chi connectivity index (χ0) is 14.1. The van der Waals surface area contributed by atoms with Crippen LogP contribution in [-0.2, 0) is 0 Å². The fourth-order valence-corrected chi connectivity index (χ4v) is 4.03. The van der Waals surface area contributed by atoms with Crippen molar-refractivity contribution in [1.29, 1.82) is 0 Å². The third kappa shape index (κ3) is 2.69. The second-order valence-electron chi connectivity index (χ2n) is 6.47. The summed E-state index contributed by atoms with van der Waals surface area (Å²) in [5, 5.41) is 9.33. The molecular formula is C17H24FNO. The second kappa shape index (κ2) is 5.72. The maximum absolute atomic E-state index is 14.0. The fourth-order valence-electron chi connectivity index (χ4n) is 4.03. The molecule has 0 radical (unpaired) electrons. The molecule has 20 heavy (non-hydrogen) atoms. The van der Waals surface area contributed by atoms with Crippen LogP contribution in [0.3, 0.4) is 0 Å². The van der Waals surface area contributed by atoms with Crippen molar-refractivity contribution >= 4 is 0 Å². The molecule has 1 aliphatic carbocycles. The van der Waals surface area contributed by atoms with Crippen molar-refractivity contribution in [2.75, 3.05) is 13.1 Å². The minimum atomic E-state index is -0.289. The molecule has 3 atom stereocenters. The lowest BCUT2D eigenvalue weighted by molar-refractivity contribution is 0.0606. The molecule has 1 aliphatic heterocycles. The molecule has 1 N–H and O–H groups in total. The number of phenols is 1. The molecule has 2 aliphatic rings.